The van der Waals surface area contributed by atoms with Crippen molar-refractivity contribution in [3.63, 3.8) is 0 Å². The molecule has 0 unspecified atom stereocenters. The zero-order valence-corrected chi connectivity index (χ0v) is 11.4. The fraction of sp³-hybridized carbons (Fsp3) is 0.667. The first-order chi connectivity index (χ1) is 8.81. The van der Waals surface area contributed by atoms with Gasteiger partial charge in [-0.3, -0.25) is 0 Å². The number of anilines is 1. The molecule has 0 atom stereocenters. The van der Waals surface area contributed by atoms with E-state index in [1.165, 1.54) is 37.7 Å². The standard InChI is InChI=1S/C15H25N3/c1-13-8-9-15(17-12-13)18(11-5-10-16)14-6-3-2-4-7-14/h8-9,12,14H,2-7,10-11,16H2,1H3. The maximum atomic E-state index is 5.66. The maximum Gasteiger partial charge on any atom is 0.128 e. The first kappa shape index (κ1) is 13.3. The number of aromatic nitrogens is 1. The zero-order valence-electron chi connectivity index (χ0n) is 11.4. The Morgan fingerprint density at radius 2 is 2.06 bits per heavy atom. The minimum atomic E-state index is 0.667. The molecule has 0 aromatic carbocycles. The van der Waals surface area contributed by atoms with Gasteiger partial charge >= 0.3 is 0 Å². The topological polar surface area (TPSA) is 42.1 Å². The van der Waals surface area contributed by atoms with Gasteiger partial charge in [0.1, 0.15) is 5.82 Å². The van der Waals surface area contributed by atoms with Crippen molar-refractivity contribution in [3.05, 3.63) is 23.9 Å². The largest absolute Gasteiger partial charge is 0.354 e. The monoisotopic (exact) mass is 247 g/mol. The quantitative estimate of drug-likeness (QED) is 0.870. The van der Waals surface area contributed by atoms with Crippen LogP contribution in [0.15, 0.2) is 18.3 Å². The average molecular weight is 247 g/mol. The number of hydrogen-bond acceptors (Lipinski definition) is 3. The molecule has 0 amide bonds. The van der Waals surface area contributed by atoms with Gasteiger partial charge in [-0.05, 0) is 44.4 Å². The van der Waals surface area contributed by atoms with Gasteiger partial charge in [0.2, 0.25) is 0 Å². The number of nitrogens with two attached hydrogens (primary N) is 1. The molecule has 0 spiro atoms. The van der Waals surface area contributed by atoms with E-state index in [0.29, 0.717) is 6.04 Å². The normalized spacial score (nSPS) is 16.8. The van der Waals surface area contributed by atoms with Crippen molar-refractivity contribution in [2.24, 2.45) is 5.73 Å². The van der Waals surface area contributed by atoms with E-state index in [0.717, 1.165) is 25.3 Å². The third kappa shape index (κ3) is 3.45. The molecule has 100 valence electrons. The summed E-state index contributed by atoms with van der Waals surface area (Å²) in [4.78, 5) is 7.07. The van der Waals surface area contributed by atoms with E-state index in [-0.39, 0.29) is 0 Å². The molecule has 0 saturated heterocycles. The number of aryl methyl sites for hydroxylation is 1. The number of hydrogen-bond donors (Lipinski definition) is 1. The highest BCUT2D eigenvalue weighted by Crippen LogP contribution is 2.26. The summed E-state index contributed by atoms with van der Waals surface area (Å²) >= 11 is 0. The first-order valence-electron chi connectivity index (χ1n) is 7.20. The van der Waals surface area contributed by atoms with Crippen LogP contribution in [0.1, 0.15) is 44.1 Å². The van der Waals surface area contributed by atoms with Crippen LogP contribution in [0.2, 0.25) is 0 Å². The highest BCUT2D eigenvalue weighted by molar-refractivity contribution is 5.40. The third-order valence-corrected chi connectivity index (χ3v) is 3.81. The van der Waals surface area contributed by atoms with Gasteiger partial charge in [-0.1, -0.05) is 25.3 Å². The number of rotatable bonds is 5. The summed E-state index contributed by atoms with van der Waals surface area (Å²) < 4.78 is 0. The highest BCUT2D eigenvalue weighted by Gasteiger charge is 2.21. The second kappa shape index (κ2) is 6.74. The summed E-state index contributed by atoms with van der Waals surface area (Å²) in [6.45, 7) is 3.88. The van der Waals surface area contributed by atoms with Gasteiger partial charge in [0.05, 0.1) is 0 Å². The van der Waals surface area contributed by atoms with Gasteiger partial charge < -0.3 is 10.6 Å². The lowest BCUT2D eigenvalue weighted by molar-refractivity contribution is 0.411. The van der Waals surface area contributed by atoms with Crippen molar-refractivity contribution in [3.8, 4) is 0 Å². The van der Waals surface area contributed by atoms with Crippen LogP contribution in [0.3, 0.4) is 0 Å². The fourth-order valence-corrected chi connectivity index (χ4v) is 2.77. The predicted octanol–water partition coefficient (Wildman–Crippen LogP) is 2.88. The Balaban J connectivity index is 2.10. The van der Waals surface area contributed by atoms with E-state index in [4.69, 9.17) is 5.73 Å². The van der Waals surface area contributed by atoms with Gasteiger partial charge in [-0.15, -0.1) is 0 Å². The molecule has 2 N–H and O–H groups in total. The van der Waals surface area contributed by atoms with Crippen molar-refractivity contribution >= 4 is 5.82 Å². The summed E-state index contributed by atoms with van der Waals surface area (Å²) in [5, 5.41) is 0. The van der Waals surface area contributed by atoms with Crippen LogP contribution < -0.4 is 10.6 Å². The summed E-state index contributed by atoms with van der Waals surface area (Å²) in [5.41, 5.74) is 6.88. The molecule has 0 aliphatic heterocycles. The molecule has 2 rings (SSSR count). The van der Waals surface area contributed by atoms with Crippen LogP contribution in [-0.2, 0) is 0 Å². The van der Waals surface area contributed by atoms with E-state index in [1.807, 2.05) is 6.20 Å². The number of pyridine rings is 1. The summed E-state index contributed by atoms with van der Waals surface area (Å²) in [7, 11) is 0. The minimum absolute atomic E-state index is 0.667. The van der Waals surface area contributed by atoms with Crippen molar-refractivity contribution in [1.29, 1.82) is 0 Å². The van der Waals surface area contributed by atoms with E-state index in [9.17, 15) is 0 Å². The molecule has 0 radical (unpaired) electrons. The van der Waals surface area contributed by atoms with Gasteiger partial charge in [0, 0.05) is 18.8 Å². The van der Waals surface area contributed by atoms with E-state index >= 15 is 0 Å². The second-order valence-corrected chi connectivity index (χ2v) is 5.32. The molecule has 1 aromatic rings. The molecule has 3 nitrogen and oxygen atoms in total. The smallest absolute Gasteiger partial charge is 0.128 e. The van der Waals surface area contributed by atoms with Crippen molar-refractivity contribution < 1.29 is 0 Å². The van der Waals surface area contributed by atoms with Crippen LogP contribution in [0.4, 0.5) is 5.82 Å². The fourth-order valence-electron chi connectivity index (χ4n) is 2.77. The summed E-state index contributed by atoms with van der Waals surface area (Å²) in [5.74, 6) is 1.13. The molecule has 1 fully saturated rings. The Morgan fingerprint density at radius 3 is 2.67 bits per heavy atom. The van der Waals surface area contributed by atoms with Crippen LogP contribution >= 0.6 is 0 Å². The molecular weight excluding hydrogens is 222 g/mol. The first-order valence-corrected chi connectivity index (χ1v) is 7.20. The highest BCUT2D eigenvalue weighted by atomic mass is 15.2. The Hall–Kier alpha value is -1.09. The third-order valence-electron chi connectivity index (χ3n) is 3.81. The van der Waals surface area contributed by atoms with Gasteiger partial charge in [-0.2, -0.15) is 0 Å². The molecule has 1 aliphatic rings. The predicted molar refractivity (Wildman–Crippen MR) is 76.9 cm³/mol. The lowest BCUT2D eigenvalue weighted by atomic mass is 9.94. The van der Waals surface area contributed by atoms with Crippen LogP contribution in [-0.4, -0.2) is 24.1 Å². The van der Waals surface area contributed by atoms with Gasteiger partial charge in [-0.25, -0.2) is 4.98 Å². The molecule has 1 heterocycles. The second-order valence-electron chi connectivity index (χ2n) is 5.32. The molecule has 1 aromatic heterocycles. The SMILES string of the molecule is Cc1ccc(N(CCCN)C2CCCCC2)nc1. The van der Waals surface area contributed by atoms with E-state index in [1.54, 1.807) is 0 Å². The van der Waals surface area contributed by atoms with Crippen molar-refractivity contribution in [1.82, 2.24) is 4.98 Å². The Morgan fingerprint density at radius 1 is 1.28 bits per heavy atom. The molecule has 1 aliphatic carbocycles. The molecule has 18 heavy (non-hydrogen) atoms. The molecule has 0 bridgehead atoms. The summed E-state index contributed by atoms with van der Waals surface area (Å²) in [6.07, 6.45) is 9.73. The number of nitrogens with zero attached hydrogens (tertiary/aromatic N) is 2. The molecular formula is C15H25N3. The maximum absolute atomic E-state index is 5.66. The zero-order chi connectivity index (χ0) is 12.8. The van der Waals surface area contributed by atoms with Crippen molar-refractivity contribution in [2.75, 3.05) is 18.0 Å². The van der Waals surface area contributed by atoms with Gasteiger partial charge in [0.25, 0.3) is 0 Å². The Kier molecular flexibility index (Phi) is 5.00. The molecule has 1 saturated carbocycles. The van der Waals surface area contributed by atoms with Gasteiger partial charge in [0.15, 0.2) is 0 Å². The van der Waals surface area contributed by atoms with E-state index in [2.05, 4.69) is 28.9 Å². The lowest BCUT2D eigenvalue weighted by Gasteiger charge is -2.35. The van der Waals surface area contributed by atoms with Crippen molar-refractivity contribution in [2.45, 2.75) is 51.5 Å². The minimum Gasteiger partial charge on any atom is -0.354 e. The van der Waals surface area contributed by atoms with Crippen LogP contribution in [0.5, 0.6) is 0 Å². The van der Waals surface area contributed by atoms with Crippen LogP contribution in [0.25, 0.3) is 0 Å². The average Bonchev–Trinajstić information content (AvgIpc) is 2.42. The summed E-state index contributed by atoms with van der Waals surface area (Å²) in [6, 6.07) is 4.97. The van der Waals surface area contributed by atoms with Crippen LogP contribution in [0, 0.1) is 6.92 Å². The van der Waals surface area contributed by atoms with E-state index < -0.39 is 0 Å². The Bertz CT molecular complexity index is 341. The Labute approximate surface area is 110 Å². The molecule has 3 heteroatoms. The lowest BCUT2D eigenvalue weighted by Crippen LogP contribution is -2.38.